The summed E-state index contributed by atoms with van der Waals surface area (Å²) in [6, 6.07) is 8.90. The molecule has 1 saturated carbocycles. The Morgan fingerprint density at radius 2 is 2.06 bits per heavy atom. The van der Waals surface area contributed by atoms with E-state index in [0.717, 1.165) is 37.8 Å². The maximum atomic E-state index is 10.9. The number of anilines is 1. The van der Waals surface area contributed by atoms with Crippen LogP contribution in [-0.2, 0) is 11.2 Å². The molecule has 0 saturated heterocycles. The van der Waals surface area contributed by atoms with Crippen molar-refractivity contribution in [3.63, 3.8) is 0 Å². The summed E-state index contributed by atoms with van der Waals surface area (Å²) >= 11 is 0. The monoisotopic (exact) mass is 247 g/mol. The van der Waals surface area contributed by atoms with E-state index in [9.17, 15) is 4.79 Å². The van der Waals surface area contributed by atoms with Crippen LogP contribution < -0.4 is 5.32 Å². The molecule has 3 nitrogen and oxygen atoms in total. The van der Waals surface area contributed by atoms with Gasteiger partial charge in [-0.3, -0.25) is 4.79 Å². The molecule has 0 spiro atoms. The molecule has 0 unspecified atom stereocenters. The van der Waals surface area contributed by atoms with Crippen molar-refractivity contribution in [2.45, 2.75) is 45.1 Å². The molecule has 1 fully saturated rings. The second-order valence-corrected chi connectivity index (χ2v) is 5.09. The van der Waals surface area contributed by atoms with Crippen molar-refractivity contribution in [2.24, 2.45) is 5.92 Å². The lowest BCUT2D eigenvalue weighted by atomic mass is 9.86. The van der Waals surface area contributed by atoms with E-state index in [4.69, 9.17) is 5.11 Å². The molecular formula is C15H21NO2. The molecule has 0 bridgehead atoms. The van der Waals surface area contributed by atoms with E-state index in [2.05, 4.69) is 36.5 Å². The van der Waals surface area contributed by atoms with Crippen molar-refractivity contribution < 1.29 is 9.90 Å². The summed E-state index contributed by atoms with van der Waals surface area (Å²) in [5, 5.41) is 12.5. The molecule has 0 heterocycles. The Balaban J connectivity index is 1.89. The second-order valence-electron chi connectivity index (χ2n) is 5.09. The zero-order valence-corrected chi connectivity index (χ0v) is 10.9. The fourth-order valence-corrected chi connectivity index (χ4v) is 2.60. The summed E-state index contributed by atoms with van der Waals surface area (Å²) in [7, 11) is 0. The van der Waals surface area contributed by atoms with Crippen LogP contribution in [0.25, 0.3) is 0 Å². The Morgan fingerprint density at radius 3 is 2.67 bits per heavy atom. The van der Waals surface area contributed by atoms with Gasteiger partial charge in [-0.2, -0.15) is 0 Å². The maximum absolute atomic E-state index is 10.9. The molecule has 3 heteroatoms. The Hall–Kier alpha value is -1.51. The summed E-state index contributed by atoms with van der Waals surface area (Å²) in [4.78, 5) is 10.9. The minimum absolute atomic E-state index is 0.134. The summed E-state index contributed by atoms with van der Waals surface area (Å²) in [6.07, 6.45) is 4.53. The molecule has 98 valence electrons. The fourth-order valence-electron chi connectivity index (χ4n) is 2.60. The Kier molecular flexibility index (Phi) is 4.24. The van der Waals surface area contributed by atoms with Gasteiger partial charge in [0.25, 0.3) is 0 Å². The van der Waals surface area contributed by atoms with Gasteiger partial charge in [0.2, 0.25) is 0 Å². The molecule has 0 aromatic heterocycles. The van der Waals surface area contributed by atoms with Gasteiger partial charge < -0.3 is 10.4 Å². The van der Waals surface area contributed by atoms with Gasteiger partial charge in [-0.25, -0.2) is 0 Å². The average molecular weight is 247 g/mol. The van der Waals surface area contributed by atoms with Crippen molar-refractivity contribution in [1.82, 2.24) is 0 Å². The van der Waals surface area contributed by atoms with Crippen LogP contribution >= 0.6 is 0 Å². The number of carboxylic acid groups (broad SMARTS) is 1. The van der Waals surface area contributed by atoms with Gasteiger partial charge in [-0.15, -0.1) is 0 Å². The van der Waals surface area contributed by atoms with Gasteiger partial charge in [-0.05, 0) is 49.8 Å². The minimum Gasteiger partial charge on any atom is -0.481 e. The molecule has 1 aromatic carbocycles. The Bertz CT molecular complexity index is 409. The third-order valence-electron chi connectivity index (χ3n) is 3.78. The van der Waals surface area contributed by atoms with Gasteiger partial charge in [0.15, 0.2) is 0 Å². The van der Waals surface area contributed by atoms with E-state index in [-0.39, 0.29) is 5.92 Å². The SMILES string of the molecule is CCc1cccc(NC2CCC(C(=O)O)CC2)c1. The number of carboxylic acids is 1. The van der Waals surface area contributed by atoms with E-state index in [1.54, 1.807) is 0 Å². The highest BCUT2D eigenvalue weighted by Gasteiger charge is 2.25. The lowest BCUT2D eigenvalue weighted by Gasteiger charge is -2.27. The van der Waals surface area contributed by atoms with Gasteiger partial charge in [0.1, 0.15) is 0 Å². The largest absolute Gasteiger partial charge is 0.481 e. The van der Waals surface area contributed by atoms with E-state index >= 15 is 0 Å². The Labute approximate surface area is 108 Å². The summed E-state index contributed by atoms with van der Waals surface area (Å²) in [5.41, 5.74) is 2.49. The third-order valence-corrected chi connectivity index (χ3v) is 3.78. The zero-order chi connectivity index (χ0) is 13.0. The highest BCUT2D eigenvalue weighted by Crippen LogP contribution is 2.27. The third kappa shape index (κ3) is 3.25. The number of carbonyl (C=O) groups is 1. The first-order valence-electron chi connectivity index (χ1n) is 6.77. The summed E-state index contributed by atoms with van der Waals surface area (Å²) in [6.45, 7) is 2.15. The average Bonchev–Trinajstić information content (AvgIpc) is 2.39. The number of hydrogen-bond donors (Lipinski definition) is 2. The van der Waals surface area contributed by atoms with Crippen LogP contribution in [0.3, 0.4) is 0 Å². The van der Waals surface area contributed by atoms with Crippen molar-refractivity contribution in [1.29, 1.82) is 0 Å². The van der Waals surface area contributed by atoms with Crippen molar-refractivity contribution in [3.05, 3.63) is 29.8 Å². The molecule has 1 aliphatic rings. The van der Waals surface area contributed by atoms with Crippen LogP contribution in [0.5, 0.6) is 0 Å². The molecule has 0 aliphatic heterocycles. The fraction of sp³-hybridized carbons (Fsp3) is 0.533. The number of aliphatic carboxylic acids is 1. The molecular weight excluding hydrogens is 226 g/mol. The molecule has 1 aliphatic carbocycles. The summed E-state index contributed by atoms with van der Waals surface area (Å²) < 4.78 is 0. The van der Waals surface area contributed by atoms with Crippen molar-refractivity contribution in [3.8, 4) is 0 Å². The van der Waals surface area contributed by atoms with Gasteiger partial charge >= 0.3 is 5.97 Å². The van der Waals surface area contributed by atoms with Crippen molar-refractivity contribution in [2.75, 3.05) is 5.32 Å². The standard InChI is InChI=1S/C15H21NO2/c1-2-11-4-3-5-14(10-11)16-13-8-6-12(7-9-13)15(17)18/h3-5,10,12-13,16H,2,6-9H2,1H3,(H,17,18). The lowest BCUT2D eigenvalue weighted by molar-refractivity contribution is -0.142. The smallest absolute Gasteiger partial charge is 0.306 e. The van der Waals surface area contributed by atoms with Crippen LogP contribution in [0.4, 0.5) is 5.69 Å². The van der Waals surface area contributed by atoms with E-state index < -0.39 is 5.97 Å². The predicted molar refractivity (Wildman–Crippen MR) is 72.8 cm³/mol. The summed E-state index contributed by atoms with van der Waals surface area (Å²) in [5.74, 6) is -0.772. The Morgan fingerprint density at radius 1 is 1.33 bits per heavy atom. The molecule has 0 atom stereocenters. The number of nitrogens with one attached hydrogen (secondary N) is 1. The van der Waals surface area contributed by atoms with E-state index in [0.29, 0.717) is 6.04 Å². The number of hydrogen-bond acceptors (Lipinski definition) is 2. The van der Waals surface area contributed by atoms with Crippen LogP contribution in [0.1, 0.15) is 38.2 Å². The van der Waals surface area contributed by atoms with Crippen LogP contribution in [0.15, 0.2) is 24.3 Å². The molecule has 2 N–H and O–H groups in total. The second kappa shape index (κ2) is 5.89. The number of aryl methyl sites for hydroxylation is 1. The van der Waals surface area contributed by atoms with Gasteiger partial charge in [0, 0.05) is 11.7 Å². The topological polar surface area (TPSA) is 49.3 Å². The normalized spacial score (nSPS) is 23.6. The minimum atomic E-state index is -0.638. The van der Waals surface area contributed by atoms with Gasteiger partial charge in [0.05, 0.1) is 5.92 Å². The molecule has 1 aromatic rings. The quantitative estimate of drug-likeness (QED) is 0.858. The first kappa shape index (κ1) is 12.9. The molecule has 0 amide bonds. The van der Waals surface area contributed by atoms with E-state index in [1.807, 2.05) is 0 Å². The maximum Gasteiger partial charge on any atom is 0.306 e. The number of rotatable bonds is 4. The first-order chi connectivity index (χ1) is 8.69. The highest BCUT2D eigenvalue weighted by atomic mass is 16.4. The first-order valence-corrected chi connectivity index (χ1v) is 6.77. The van der Waals surface area contributed by atoms with E-state index in [1.165, 1.54) is 5.56 Å². The van der Waals surface area contributed by atoms with Crippen LogP contribution in [0.2, 0.25) is 0 Å². The zero-order valence-electron chi connectivity index (χ0n) is 10.9. The van der Waals surface area contributed by atoms with Crippen LogP contribution in [0, 0.1) is 5.92 Å². The lowest BCUT2D eigenvalue weighted by Crippen LogP contribution is -2.29. The molecule has 0 radical (unpaired) electrons. The molecule has 18 heavy (non-hydrogen) atoms. The van der Waals surface area contributed by atoms with Gasteiger partial charge in [-0.1, -0.05) is 19.1 Å². The van der Waals surface area contributed by atoms with Crippen LogP contribution in [-0.4, -0.2) is 17.1 Å². The highest BCUT2D eigenvalue weighted by molar-refractivity contribution is 5.70. The predicted octanol–water partition coefficient (Wildman–Crippen LogP) is 3.30. The number of benzene rings is 1. The van der Waals surface area contributed by atoms with Crippen molar-refractivity contribution >= 4 is 11.7 Å². The molecule has 2 rings (SSSR count).